The molecule has 2 N–H and O–H groups in total. The smallest absolute Gasteiger partial charge is 0.306 e. The molecule has 3 nitrogen and oxygen atoms in total. The third-order valence-corrected chi connectivity index (χ3v) is 4.96. The molecule has 0 spiro atoms. The second-order valence-electron chi connectivity index (χ2n) is 5.14. The van der Waals surface area contributed by atoms with Gasteiger partial charge in [0, 0.05) is 28.3 Å². The van der Waals surface area contributed by atoms with Crippen LogP contribution in [0.15, 0.2) is 29.2 Å². The number of nitrogens with one attached hydrogen (secondary N) is 1. The van der Waals surface area contributed by atoms with Crippen molar-refractivity contribution in [2.45, 2.75) is 36.6 Å². The molecule has 0 radical (unpaired) electrons. The van der Waals surface area contributed by atoms with Crippen LogP contribution in [0.5, 0.6) is 0 Å². The van der Waals surface area contributed by atoms with Gasteiger partial charge in [0.2, 0.25) is 0 Å². The number of hydrogen-bond donors (Lipinski definition) is 2. The van der Waals surface area contributed by atoms with E-state index >= 15 is 0 Å². The second-order valence-corrected chi connectivity index (χ2v) is 6.75. The molecule has 110 valence electrons. The minimum absolute atomic E-state index is 0.128. The molecule has 20 heavy (non-hydrogen) atoms. The molecular formula is C15H20ClNO2S. The normalized spacial score (nSPS) is 22.6. The maximum absolute atomic E-state index is 10.9. The van der Waals surface area contributed by atoms with E-state index in [1.165, 1.54) is 4.90 Å². The Morgan fingerprint density at radius 2 is 1.90 bits per heavy atom. The summed E-state index contributed by atoms with van der Waals surface area (Å²) in [5, 5.41) is 13.2. The molecule has 5 heteroatoms. The molecule has 1 aromatic rings. The zero-order chi connectivity index (χ0) is 14.4. The summed E-state index contributed by atoms with van der Waals surface area (Å²) in [6.45, 7) is 0.954. The number of thioether (sulfide) groups is 1. The highest BCUT2D eigenvalue weighted by Crippen LogP contribution is 2.24. The van der Waals surface area contributed by atoms with Crippen molar-refractivity contribution in [3.8, 4) is 0 Å². The van der Waals surface area contributed by atoms with E-state index in [1.807, 2.05) is 36.0 Å². The lowest BCUT2D eigenvalue weighted by Gasteiger charge is -2.26. The third-order valence-electron chi connectivity index (χ3n) is 3.69. The van der Waals surface area contributed by atoms with E-state index in [2.05, 4.69) is 5.32 Å². The van der Waals surface area contributed by atoms with E-state index in [0.717, 1.165) is 43.0 Å². The summed E-state index contributed by atoms with van der Waals surface area (Å²) >= 11 is 7.65. The van der Waals surface area contributed by atoms with Crippen molar-refractivity contribution in [2.24, 2.45) is 5.92 Å². The Bertz CT molecular complexity index is 430. The number of carbonyl (C=O) groups is 1. The van der Waals surface area contributed by atoms with E-state index in [0.29, 0.717) is 6.04 Å². The van der Waals surface area contributed by atoms with Crippen LogP contribution < -0.4 is 5.32 Å². The van der Waals surface area contributed by atoms with Gasteiger partial charge in [-0.05, 0) is 49.9 Å². The van der Waals surface area contributed by atoms with Crippen LogP contribution in [0.4, 0.5) is 0 Å². The molecule has 1 aliphatic rings. The van der Waals surface area contributed by atoms with E-state index in [-0.39, 0.29) is 5.92 Å². The van der Waals surface area contributed by atoms with Gasteiger partial charge >= 0.3 is 5.97 Å². The first kappa shape index (κ1) is 15.7. The van der Waals surface area contributed by atoms with E-state index in [1.54, 1.807) is 0 Å². The van der Waals surface area contributed by atoms with Crippen molar-refractivity contribution in [3.05, 3.63) is 29.3 Å². The lowest BCUT2D eigenvalue weighted by molar-refractivity contribution is -0.142. The topological polar surface area (TPSA) is 49.3 Å². The van der Waals surface area contributed by atoms with Crippen molar-refractivity contribution in [1.29, 1.82) is 0 Å². The Balaban J connectivity index is 1.60. The summed E-state index contributed by atoms with van der Waals surface area (Å²) < 4.78 is 0. The molecule has 0 atom stereocenters. The molecule has 1 aliphatic carbocycles. The van der Waals surface area contributed by atoms with Crippen molar-refractivity contribution < 1.29 is 9.90 Å². The van der Waals surface area contributed by atoms with Crippen molar-refractivity contribution >= 4 is 29.3 Å². The standard InChI is InChI=1S/C15H20ClNO2S/c16-12-3-7-14(8-4-12)20-10-9-17-13-5-1-11(2-6-13)15(18)19/h3-4,7-8,11,13,17H,1-2,5-6,9-10H2,(H,18,19). The number of halogens is 1. The Kier molecular flexibility index (Phi) is 6.20. The van der Waals surface area contributed by atoms with Crippen LogP contribution in [0, 0.1) is 5.92 Å². The Labute approximate surface area is 129 Å². The van der Waals surface area contributed by atoms with Gasteiger partial charge < -0.3 is 10.4 Å². The molecule has 0 unspecified atom stereocenters. The monoisotopic (exact) mass is 313 g/mol. The number of carboxylic acids is 1. The zero-order valence-electron chi connectivity index (χ0n) is 11.3. The van der Waals surface area contributed by atoms with E-state index < -0.39 is 5.97 Å². The fourth-order valence-corrected chi connectivity index (χ4v) is 3.42. The molecule has 0 saturated heterocycles. The van der Waals surface area contributed by atoms with Crippen LogP contribution >= 0.6 is 23.4 Å². The van der Waals surface area contributed by atoms with Gasteiger partial charge in [-0.1, -0.05) is 11.6 Å². The molecule has 1 saturated carbocycles. The van der Waals surface area contributed by atoms with Crippen molar-refractivity contribution in [3.63, 3.8) is 0 Å². The highest BCUT2D eigenvalue weighted by atomic mass is 35.5. The van der Waals surface area contributed by atoms with Gasteiger partial charge in [0.1, 0.15) is 0 Å². The third kappa shape index (κ3) is 5.00. The van der Waals surface area contributed by atoms with Gasteiger partial charge in [0.05, 0.1) is 5.92 Å². The van der Waals surface area contributed by atoms with Crippen LogP contribution in [0.25, 0.3) is 0 Å². The molecule has 1 fully saturated rings. The maximum Gasteiger partial charge on any atom is 0.306 e. The number of hydrogen-bond acceptors (Lipinski definition) is 3. The molecule has 0 amide bonds. The molecule has 0 aromatic heterocycles. The maximum atomic E-state index is 10.9. The van der Waals surface area contributed by atoms with Gasteiger partial charge in [0.25, 0.3) is 0 Å². The first-order valence-electron chi connectivity index (χ1n) is 6.99. The lowest BCUT2D eigenvalue weighted by atomic mass is 9.86. The summed E-state index contributed by atoms with van der Waals surface area (Å²) in [5.41, 5.74) is 0. The fourth-order valence-electron chi connectivity index (χ4n) is 2.51. The van der Waals surface area contributed by atoms with Gasteiger partial charge in [-0.15, -0.1) is 11.8 Å². The minimum atomic E-state index is -0.637. The number of rotatable bonds is 6. The van der Waals surface area contributed by atoms with Crippen molar-refractivity contribution in [2.75, 3.05) is 12.3 Å². The average Bonchev–Trinajstić information content (AvgIpc) is 2.46. The van der Waals surface area contributed by atoms with E-state index in [4.69, 9.17) is 16.7 Å². The quantitative estimate of drug-likeness (QED) is 0.621. The zero-order valence-corrected chi connectivity index (χ0v) is 12.9. The second kappa shape index (κ2) is 7.91. The first-order valence-corrected chi connectivity index (χ1v) is 8.36. The molecule has 2 rings (SSSR count). The Morgan fingerprint density at radius 3 is 2.50 bits per heavy atom. The molecule has 1 aromatic carbocycles. The highest BCUT2D eigenvalue weighted by molar-refractivity contribution is 7.99. The van der Waals surface area contributed by atoms with Crippen LogP contribution in [-0.2, 0) is 4.79 Å². The molecule has 0 aliphatic heterocycles. The first-order chi connectivity index (χ1) is 9.65. The van der Waals surface area contributed by atoms with Crippen LogP contribution in [0.1, 0.15) is 25.7 Å². The van der Waals surface area contributed by atoms with Crippen LogP contribution in [-0.4, -0.2) is 29.4 Å². The molecule has 0 heterocycles. The van der Waals surface area contributed by atoms with Gasteiger partial charge in [-0.3, -0.25) is 4.79 Å². The summed E-state index contributed by atoms with van der Waals surface area (Å²) in [4.78, 5) is 12.1. The summed E-state index contributed by atoms with van der Waals surface area (Å²) in [6, 6.07) is 8.36. The SMILES string of the molecule is O=C(O)C1CCC(NCCSc2ccc(Cl)cc2)CC1. The number of carboxylic acid groups (broad SMARTS) is 1. The largest absolute Gasteiger partial charge is 0.481 e. The molecule has 0 bridgehead atoms. The van der Waals surface area contributed by atoms with Gasteiger partial charge in [-0.2, -0.15) is 0 Å². The highest BCUT2D eigenvalue weighted by Gasteiger charge is 2.25. The summed E-state index contributed by atoms with van der Waals surface area (Å²) in [6.07, 6.45) is 3.56. The van der Waals surface area contributed by atoms with Gasteiger partial charge in [0.15, 0.2) is 0 Å². The van der Waals surface area contributed by atoms with Crippen LogP contribution in [0.2, 0.25) is 5.02 Å². The minimum Gasteiger partial charge on any atom is -0.481 e. The predicted octanol–water partition coefficient (Wildman–Crippen LogP) is 3.67. The number of aliphatic carboxylic acids is 1. The Hall–Kier alpha value is -0.710. The van der Waals surface area contributed by atoms with Crippen LogP contribution in [0.3, 0.4) is 0 Å². The van der Waals surface area contributed by atoms with E-state index in [9.17, 15) is 4.79 Å². The number of benzene rings is 1. The van der Waals surface area contributed by atoms with Gasteiger partial charge in [-0.25, -0.2) is 0 Å². The summed E-state index contributed by atoms with van der Waals surface area (Å²) in [5.74, 6) is 0.249. The van der Waals surface area contributed by atoms with Crippen molar-refractivity contribution in [1.82, 2.24) is 5.32 Å². The lowest BCUT2D eigenvalue weighted by Crippen LogP contribution is -2.36. The fraction of sp³-hybridized carbons (Fsp3) is 0.533. The predicted molar refractivity (Wildman–Crippen MR) is 83.6 cm³/mol. The summed E-state index contributed by atoms with van der Waals surface area (Å²) in [7, 11) is 0. The average molecular weight is 314 g/mol. The molecular weight excluding hydrogens is 294 g/mol. The Morgan fingerprint density at radius 1 is 1.25 bits per heavy atom.